The van der Waals surface area contributed by atoms with Crippen LogP contribution in [0.15, 0.2) is 54.6 Å². The smallest absolute Gasteiger partial charge is 0.222 e. The summed E-state index contributed by atoms with van der Waals surface area (Å²) in [7, 11) is 3.51. The van der Waals surface area contributed by atoms with Crippen molar-refractivity contribution in [3.63, 3.8) is 0 Å². The van der Waals surface area contributed by atoms with Crippen LogP contribution in [0.3, 0.4) is 0 Å². The standard InChI is InChI=1S/C27H33N3O4/c1-5-16-30(18-22(31)20-33-17-6-2)19-25-26(21-10-8-7-9-11-21)28-29(3)27(25)34-24-14-12-23(32-4)13-15-24/h2,7-15,22,31H,5,16-20H2,1,3-4H3/t22-/m1/s1. The fraction of sp³-hybridized carbons (Fsp3) is 0.370. The number of aromatic nitrogens is 2. The monoisotopic (exact) mass is 463 g/mol. The summed E-state index contributed by atoms with van der Waals surface area (Å²) < 4.78 is 18.7. The van der Waals surface area contributed by atoms with Gasteiger partial charge in [0.1, 0.15) is 23.8 Å². The van der Waals surface area contributed by atoms with Gasteiger partial charge in [-0.15, -0.1) is 6.42 Å². The number of aryl methyl sites for hydroxylation is 1. The summed E-state index contributed by atoms with van der Waals surface area (Å²) in [6, 6.07) is 17.5. The fourth-order valence-electron chi connectivity index (χ4n) is 3.79. The second-order valence-electron chi connectivity index (χ2n) is 8.01. The first-order valence-electron chi connectivity index (χ1n) is 11.4. The van der Waals surface area contributed by atoms with Crippen LogP contribution < -0.4 is 9.47 Å². The van der Waals surface area contributed by atoms with E-state index in [1.807, 2.05) is 61.6 Å². The van der Waals surface area contributed by atoms with E-state index in [0.29, 0.717) is 24.7 Å². The first-order valence-corrected chi connectivity index (χ1v) is 11.4. The highest BCUT2D eigenvalue weighted by Gasteiger charge is 2.23. The summed E-state index contributed by atoms with van der Waals surface area (Å²) in [6.45, 7) is 4.30. The molecule has 1 atom stereocenters. The molecule has 3 aromatic rings. The van der Waals surface area contributed by atoms with Gasteiger partial charge < -0.3 is 19.3 Å². The zero-order chi connectivity index (χ0) is 24.3. The van der Waals surface area contributed by atoms with Gasteiger partial charge in [0.05, 0.1) is 25.4 Å². The van der Waals surface area contributed by atoms with Gasteiger partial charge in [-0.1, -0.05) is 43.2 Å². The van der Waals surface area contributed by atoms with E-state index in [9.17, 15) is 5.11 Å². The van der Waals surface area contributed by atoms with Crippen LogP contribution in [0.2, 0.25) is 0 Å². The van der Waals surface area contributed by atoms with Gasteiger partial charge in [0, 0.05) is 25.7 Å². The molecule has 0 unspecified atom stereocenters. The third-order valence-corrected chi connectivity index (χ3v) is 5.30. The van der Waals surface area contributed by atoms with Crippen molar-refractivity contribution in [1.29, 1.82) is 0 Å². The molecule has 2 aromatic carbocycles. The Morgan fingerprint density at radius 1 is 1.12 bits per heavy atom. The topological polar surface area (TPSA) is 69.0 Å². The van der Waals surface area contributed by atoms with Gasteiger partial charge in [-0.2, -0.15) is 5.10 Å². The molecule has 0 spiro atoms. The Morgan fingerprint density at radius 2 is 1.82 bits per heavy atom. The number of hydrogen-bond donors (Lipinski definition) is 1. The fourth-order valence-corrected chi connectivity index (χ4v) is 3.79. The molecule has 0 radical (unpaired) electrons. The van der Waals surface area contributed by atoms with Crippen LogP contribution >= 0.6 is 0 Å². The van der Waals surface area contributed by atoms with Crippen LogP contribution in [0.4, 0.5) is 0 Å². The van der Waals surface area contributed by atoms with Gasteiger partial charge in [-0.25, -0.2) is 4.68 Å². The Bertz CT molecular complexity index is 1060. The molecule has 3 rings (SSSR count). The predicted octanol–water partition coefficient (Wildman–Crippen LogP) is 4.11. The van der Waals surface area contributed by atoms with Gasteiger partial charge in [0.15, 0.2) is 0 Å². The van der Waals surface area contributed by atoms with Crippen LogP contribution in [0.25, 0.3) is 11.3 Å². The molecule has 0 saturated carbocycles. The van der Waals surface area contributed by atoms with Gasteiger partial charge in [-0.05, 0) is 37.2 Å². The Morgan fingerprint density at radius 3 is 2.47 bits per heavy atom. The van der Waals surface area contributed by atoms with E-state index in [1.165, 1.54) is 0 Å². The van der Waals surface area contributed by atoms with Crippen molar-refractivity contribution >= 4 is 0 Å². The molecule has 0 aliphatic rings. The lowest BCUT2D eigenvalue weighted by atomic mass is 10.1. The lowest BCUT2D eigenvalue weighted by Crippen LogP contribution is -2.35. The Labute approximate surface area is 201 Å². The van der Waals surface area contributed by atoms with Crippen molar-refractivity contribution < 1.29 is 19.3 Å². The third-order valence-electron chi connectivity index (χ3n) is 5.30. The number of hydrogen-bond acceptors (Lipinski definition) is 6. The number of benzene rings is 2. The molecule has 7 heteroatoms. The van der Waals surface area contributed by atoms with Crippen molar-refractivity contribution in [3.8, 4) is 41.0 Å². The van der Waals surface area contributed by atoms with E-state index in [-0.39, 0.29) is 13.2 Å². The van der Waals surface area contributed by atoms with E-state index < -0.39 is 6.10 Å². The zero-order valence-electron chi connectivity index (χ0n) is 20.1. The minimum atomic E-state index is -0.650. The molecule has 1 heterocycles. The normalized spacial score (nSPS) is 11.9. The second kappa shape index (κ2) is 12.8. The molecule has 0 aliphatic carbocycles. The minimum absolute atomic E-state index is 0.186. The maximum absolute atomic E-state index is 10.5. The molecule has 0 aliphatic heterocycles. The number of nitrogens with zero attached hydrogens (tertiary/aromatic N) is 3. The molecule has 34 heavy (non-hydrogen) atoms. The molecule has 7 nitrogen and oxygen atoms in total. The summed E-state index contributed by atoms with van der Waals surface area (Å²) in [4.78, 5) is 2.19. The maximum atomic E-state index is 10.5. The lowest BCUT2D eigenvalue weighted by molar-refractivity contribution is 0.0260. The lowest BCUT2D eigenvalue weighted by Gasteiger charge is -2.25. The second-order valence-corrected chi connectivity index (χ2v) is 8.01. The van der Waals surface area contributed by atoms with Crippen molar-refractivity contribution in [2.24, 2.45) is 7.05 Å². The predicted molar refractivity (Wildman–Crippen MR) is 133 cm³/mol. The number of ether oxygens (including phenoxy) is 3. The third kappa shape index (κ3) is 6.84. The van der Waals surface area contributed by atoms with Crippen LogP contribution in [0, 0.1) is 12.3 Å². The van der Waals surface area contributed by atoms with Gasteiger partial charge in [0.2, 0.25) is 5.88 Å². The average Bonchev–Trinajstić information content (AvgIpc) is 3.15. The highest BCUT2D eigenvalue weighted by molar-refractivity contribution is 5.65. The molecule has 0 amide bonds. The molecule has 1 aromatic heterocycles. The summed E-state index contributed by atoms with van der Waals surface area (Å²) in [5.41, 5.74) is 2.81. The van der Waals surface area contributed by atoms with E-state index in [0.717, 1.165) is 35.5 Å². The molecular weight excluding hydrogens is 430 g/mol. The number of methoxy groups -OCH3 is 1. The summed E-state index contributed by atoms with van der Waals surface area (Å²) in [5, 5.41) is 15.3. The molecule has 1 N–H and O–H groups in total. The van der Waals surface area contributed by atoms with Crippen LogP contribution in [0.5, 0.6) is 17.4 Å². The quantitative estimate of drug-likeness (QED) is 0.304. The van der Waals surface area contributed by atoms with Crippen LogP contribution in [0.1, 0.15) is 18.9 Å². The van der Waals surface area contributed by atoms with Gasteiger partial charge >= 0.3 is 0 Å². The van der Waals surface area contributed by atoms with Crippen molar-refractivity contribution in [3.05, 3.63) is 60.2 Å². The van der Waals surface area contributed by atoms with Crippen LogP contribution in [-0.2, 0) is 18.3 Å². The first kappa shape index (κ1) is 25.3. The minimum Gasteiger partial charge on any atom is -0.497 e. The van der Waals surface area contributed by atoms with E-state index in [2.05, 4.69) is 17.7 Å². The summed E-state index contributed by atoms with van der Waals surface area (Å²) >= 11 is 0. The average molecular weight is 464 g/mol. The van der Waals surface area contributed by atoms with E-state index in [1.54, 1.807) is 11.8 Å². The summed E-state index contributed by atoms with van der Waals surface area (Å²) in [6.07, 6.45) is 5.53. The zero-order valence-corrected chi connectivity index (χ0v) is 20.1. The van der Waals surface area contributed by atoms with Crippen molar-refractivity contribution in [2.45, 2.75) is 26.0 Å². The summed E-state index contributed by atoms with van der Waals surface area (Å²) in [5.74, 6) is 4.53. The maximum Gasteiger partial charge on any atom is 0.222 e. The first-order chi connectivity index (χ1) is 16.5. The van der Waals surface area contributed by atoms with Crippen molar-refractivity contribution in [2.75, 3.05) is 33.4 Å². The largest absolute Gasteiger partial charge is 0.497 e. The number of aliphatic hydroxyl groups is 1. The number of rotatable bonds is 13. The molecule has 180 valence electrons. The Kier molecular flexibility index (Phi) is 9.53. The highest BCUT2D eigenvalue weighted by Crippen LogP contribution is 2.34. The number of terminal acetylenes is 1. The highest BCUT2D eigenvalue weighted by atomic mass is 16.5. The van der Waals surface area contributed by atoms with E-state index in [4.69, 9.17) is 25.7 Å². The van der Waals surface area contributed by atoms with Crippen molar-refractivity contribution in [1.82, 2.24) is 14.7 Å². The van der Waals surface area contributed by atoms with Crippen LogP contribution in [-0.4, -0.2) is 59.3 Å². The molecule has 0 saturated heterocycles. The number of aliphatic hydroxyl groups excluding tert-OH is 1. The Balaban J connectivity index is 1.92. The Hall–Kier alpha value is -3.31. The van der Waals surface area contributed by atoms with Gasteiger partial charge in [-0.3, -0.25) is 4.90 Å². The molecule has 0 bridgehead atoms. The van der Waals surface area contributed by atoms with E-state index >= 15 is 0 Å². The van der Waals surface area contributed by atoms with Gasteiger partial charge in [0.25, 0.3) is 0 Å². The molecular formula is C27H33N3O4. The molecule has 0 fully saturated rings. The SMILES string of the molecule is C#CCOC[C@H](O)CN(CCC)Cc1c(-c2ccccc2)nn(C)c1Oc1ccc(OC)cc1.